The number of nitrogens with two attached hydrogens (primary N) is 1. The molecule has 0 bridgehead atoms. The lowest BCUT2D eigenvalue weighted by Crippen LogP contribution is -2.05. The zero-order valence-electron chi connectivity index (χ0n) is 8.41. The molecule has 2 heterocycles. The summed E-state index contributed by atoms with van der Waals surface area (Å²) < 4.78 is 2.03. The number of aromatic nitrogens is 3. The highest BCUT2D eigenvalue weighted by Gasteiger charge is 2.12. The number of H-pyrrole nitrogens is 1. The Morgan fingerprint density at radius 3 is 2.93 bits per heavy atom. The molecule has 2 aromatic rings. The molecule has 14 heavy (non-hydrogen) atoms. The van der Waals surface area contributed by atoms with Gasteiger partial charge in [-0.25, -0.2) is 4.98 Å². The first-order chi connectivity index (χ1) is 6.74. The summed E-state index contributed by atoms with van der Waals surface area (Å²) in [7, 11) is 1.99. The maximum atomic E-state index is 5.70. The molecule has 0 saturated heterocycles. The van der Waals surface area contributed by atoms with E-state index in [0.717, 1.165) is 22.8 Å². The van der Waals surface area contributed by atoms with E-state index >= 15 is 0 Å². The average molecular weight is 190 g/mol. The number of rotatable bonds is 2. The number of hydrogen-bond acceptors (Lipinski definition) is 2. The van der Waals surface area contributed by atoms with Gasteiger partial charge < -0.3 is 15.3 Å². The van der Waals surface area contributed by atoms with Crippen LogP contribution in [0.3, 0.4) is 0 Å². The number of nitrogens with one attached hydrogen (secondary N) is 1. The SMILES string of the molecule is Cc1nc(-c2cc[nH]c2)c(CN)n1C. The van der Waals surface area contributed by atoms with Gasteiger partial charge in [0.1, 0.15) is 5.82 Å². The van der Waals surface area contributed by atoms with Gasteiger partial charge in [0.15, 0.2) is 0 Å². The first-order valence-electron chi connectivity index (χ1n) is 4.59. The molecular weight excluding hydrogens is 176 g/mol. The van der Waals surface area contributed by atoms with E-state index in [1.165, 1.54) is 0 Å². The molecule has 0 atom stereocenters. The first-order valence-corrected chi connectivity index (χ1v) is 4.59. The summed E-state index contributed by atoms with van der Waals surface area (Å²) in [6, 6.07) is 2.00. The quantitative estimate of drug-likeness (QED) is 0.747. The van der Waals surface area contributed by atoms with E-state index in [9.17, 15) is 0 Å². The maximum Gasteiger partial charge on any atom is 0.106 e. The number of nitrogens with zero attached hydrogens (tertiary/aromatic N) is 2. The van der Waals surface area contributed by atoms with Gasteiger partial charge in [-0.3, -0.25) is 0 Å². The van der Waals surface area contributed by atoms with E-state index in [0.29, 0.717) is 6.54 Å². The summed E-state index contributed by atoms with van der Waals surface area (Å²) in [5, 5.41) is 0. The van der Waals surface area contributed by atoms with Crippen LogP contribution in [0.25, 0.3) is 11.3 Å². The van der Waals surface area contributed by atoms with Gasteiger partial charge in [0.25, 0.3) is 0 Å². The van der Waals surface area contributed by atoms with Crippen molar-refractivity contribution in [3.63, 3.8) is 0 Å². The minimum atomic E-state index is 0.512. The Morgan fingerprint density at radius 1 is 1.57 bits per heavy atom. The fraction of sp³-hybridized carbons (Fsp3) is 0.300. The highest BCUT2D eigenvalue weighted by Crippen LogP contribution is 2.22. The third-order valence-electron chi connectivity index (χ3n) is 2.50. The first kappa shape index (κ1) is 9.02. The van der Waals surface area contributed by atoms with E-state index in [-0.39, 0.29) is 0 Å². The molecule has 0 fully saturated rings. The van der Waals surface area contributed by atoms with Gasteiger partial charge in [-0.1, -0.05) is 0 Å². The molecule has 0 aromatic carbocycles. The van der Waals surface area contributed by atoms with Crippen LogP contribution >= 0.6 is 0 Å². The second-order valence-electron chi connectivity index (χ2n) is 3.32. The van der Waals surface area contributed by atoms with E-state index in [2.05, 4.69) is 9.97 Å². The molecule has 0 aliphatic heterocycles. The predicted octanol–water partition coefficient (Wildman–Crippen LogP) is 1.18. The van der Waals surface area contributed by atoms with E-state index in [4.69, 9.17) is 5.73 Å². The second-order valence-corrected chi connectivity index (χ2v) is 3.32. The summed E-state index contributed by atoms with van der Waals surface area (Å²) in [6.07, 6.45) is 3.82. The third-order valence-corrected chi connectivity index (χ3v) is 2.50. The molecule has 74 valence electrons. The van der Waals surface area contributed by atoms with Crippen LogP contribution in [0.15, 0.2) is 18.5 Å². The van der Waals surface area contributed by atoms with Crippen molar-refractivity contribution in [2.75, 3.05) is 0 Å². The van der Waals surface area contributed by atoms with Crippen LogP contribution in [0, 0.1) is 6.92 Å². The van der Waals surface area contributed by atoms with Crippen molar-refractivity contribution in [3.05, 3.63) is 30.0 Å². The standard InChI is InChI=1S/C10H14N4/c1-7-13-10(8-3-4-12-6-8)9(5-11)14(7)2/h3-4,6,12H,5,11H2,1-2H3. The lowest BCUT2D eigenvalue weighted by atomic mass is 10.2. The van der Waals surface area contributed by atoms with Gasteiger partial charge in [0.2, 0.25) is 0 Å². The summed E-state index contributed by atoms with van der Waals surface area (Å²) in [6.45, 7) is 2.49. The molecule has 0 aliphatic carbocycles. The summed E-state index contributed by atoms with van der Waals surface area (Å²) in [5.41, 5.74) is 8.84. The van der Waals surface area contributed by atoms with E-state index in [1.54, 1.807) is 0 Å². The Hall–Kier alpha value is -1.55. The molecule has 4 nitrogen and oxygen atoms in total. The number of imidazole rings is 1. The van der Waals surface area contributed by atoms with Crippen molar-refractivity contribution in [3.8, 4) is 11.3 Å². The lowest BCUT2D eigenvalue weighted by molar-refractivity contribution is 0.789. The molecular formula is C10H14N4. The number of aryl methyl sites for hydroxylation is 1. The molecule has 0 saturated carbocycles. The predicted molar refractivity (Wildman–Crippen MR) is 55.6 cm³/mol. The Labute approximate surface area is 82.8 Å². The van der Waals surface area contributed by atoms with Gasteiger partial charge >= 0.3 is 0 Å². The maximum absolute atomic E-state index is 5.70. The van der Waals surface area contributed by atoms with Crippen LogP contribution in [0.4, 0.5) is 0 Å². The summed E-state index contributed by atoms with van der Waals surface area (Å²) >= 11 is 0. The van der Waals surface area contributed by atoms with Crippen LogP contribution in [-0.4, -0.2) is 14.5 Å². The van der Waals surface area contributed by atoms with Crippen molar-refractivity contribution in [2.24, 2.45) is 12.8 Å². The average Bonchev–Trinajstić information content (AvgIpc) is 2.76. The molecule has 4 heteroatoms. The molecule has 2 aromatic heterocycles. The lowest BCUT2D eigenvalue weighted by Gasteiger charge is -2.01. The van der Waals surface area contributed by atoms with Crippen molar-refractivity contribution < 1.29 is 0 Å². The third kappa shape index (κ3) is 1.24. The fourth-order valence-corrected chi connectivity index (χ4v) is 1.59. The Morgan fingerprint density at radius 2 is 2.36 bits per heavy atom. The van der Waals surface area contributed by atoms with E-state index in [1.807, 2.05) is 37.0 Å². The number of aromatic amines is 1. The van der Waals surface area contributed by atoms with Crippen LogP contribution in [-0.2, 0) is 13.6 Å². The Balaban J connectivity index is 2.59. The normalized spacial score (nSPS) is 10.8. The molecule has 2 rings (SSSR count). The molecule has 0 spiro atoms. The highest BCUT2D eigenvalue weighted by molar-refractivity contribution is 5.61. The van der Waals surface area contributed by atoms with Gasteiger partial charge in [-0.15, -0.1) is 0 Å². The van der Waals surface area contributed by atoms with Gasteiger partial charge in [-0.2, -0.15) is 0 Å². The summed E-state index contributed by atoms with van der Waals surface area (Å²) in [4.78, 5) is 7.50. The zero-order chi connectivity index (χ0) is 10.1. The molecule has 3 N–H and O–H groups in total. The topological polar surface area (TPSA) is 59.6 Å². The van der Waals surface area contributed by atoms with Gasteiger partial charge in [0, 0.05) is 31.5 Å². The molecule has 0 amide bonds. The Kier molecular flexibility index (Phi) is 2.13. The van der Waals surface area contributed by atoms with E-state index < -0.39 is 0 Å². The van der Waals surface area contributed by atoms with Crippen molar-refractivity contribution in [2.45, 2.75) is 13.5 Å². The van der Waals surface area contributed by atoms with Gasteiger partial charge in [-0.05, 0) is 13.0 Å². The minimum Gasteiger partial charge on any atom is -0.367 e. The number of hydrogen-bond donors (Lipinski definition) is 2. The minimum absolute atomic E-state index is 0.512. The van der Waals surface area contributed by atoms with Crippen molar-refractivity contribution in [1.29, 1.82) is 0 Å². The fourth-order valence-electron chi connectivity index (χ4n) is 1.59. The smallest absolute Gasteiger partial charge is 0.106 e. The zero-order valence-corrected chi connectivity index (χ0v) is 8.41. The largest absolute Gasteiger partial charge is 0.367 e. The molecule has 0 radical (unpaired) electrons. The molecule has 0 unspecified atom stereocenters. The second kappa shape index (κ2) is 3.31. The highest BCUT2D eigenvalue weighted by atomic mass is 15.1. The van der Waals surface area contributed by atoms with Crippen LogP contribution in [0.5, 0.6) is 0 Å². The van der Waals surface area contributed by atoms with Crippen molar-refractivity contribution in [1.82, 2.24) is 14.5 Å². The van der Waals surface area contributed by atoms with Gasteiger partial charge in [0.05, 0.1) is 11.4 Å². The van der Waals surface area contributed by atoms with Crippen LogP contribution < -0.4 is 5.73 Å². The molecule has 0 aliphatic rings. The van der Waals surface area contributed by atoms with Crippen LogP contribution in [0.1, 0.15) is 11.5 Å². The Bertz CT molecular complexity index is 425. The van der Waals surface area contributed by atoms with Crippen LogP contribution in [0.2, 0.25) is 0 Å². The summed E-state index contributed by atoms with van der Waals surface area (Å²) in [5.74, 6) is 0.988. The monoisotopic (exact) mass is 190 g/mol. The van der Waals surface area contributed by atoms with Crippen molar-refractivity contribution >= 4 is 0 Å².